The van der Waals surface area contributed by atoms with Crippen LogP contribution in [0.2, 0.25) is 0 Å². The number of rotatable bonds is 3. The highest BCUT2D eigenvalue weighted by Gasteiger charge is 1.94. The van der Waals surface area contributed by atoms with Crippen molar-refractivity contribution in [2.75, 3.05) is 13.6 Å². The average Bonchev–Trinajstić information content (AvgIpc) is 1.65. The molecule has 0 aliphatic heterocycles. The second-order valence-corrected chi connectivity index (χ2v) is 1.59. The van der Waals surface area contributed by atoms with Crippen LogP contribution in [0.25, 0.3) is 0 Å². The molecule has 0 aliphatic carbocycles. The van der Waals surface area contributed by atoms with Crippen LogP contribution in [0, 0.1) is 0 Å². The lowest BCUT2D eigenvalue weighted by Crippen LogP contribution is -2.30. The van der Waals surface area contributed by atoms with Crippen LogP contribution < -0.4 is 5.84 Å². The Bertz CT molecular complexity index is 98.6. The third-order valence-electron chi connectivity index (χ3n) is 0.633. The van der Waals surface area contributed by atoms with Gasteiger partial charge in [0.15, 0.2) is 5.78 Å². The number of likely N-dealkylation sites (N-methyl/N-ethyl adjacent to an activating group) is 1. The van der Waals surface area contributed by atoms with Crippen LogP contribution in [0.15, 0.2) is 12.7 Å². The zero-order valence-electron chi connectivity index (χ0n) is 4.92. The summed E-state index contributed by atoms with van der Waals surface area (Å²) in [7, 11) is 1.63. The van der Waals surface area contributed by atoms with Gasteiger partial charge in [-0.1, -0.05) is 6.58 Å². The largest absolute Gasteiger partial charge is 0.293 e. The van der Waals surface area contributed by atoms with Gasteiger partial charge in [0.2, 0.25) is 0 Å². The minimum atomic E-state index is -0.0602. The van der Waals surface area contributed by atoms with Gasteiger partial charge in [0.05, 0.1) is 6.54 Å². The molecule has 0 amide bonds. The Morgan fingerprint density at radius 3 is 2.62 bits per heavy atom. The Balaban J connectivity index is 3.39. The summed E-state index contributed by atoms with van der Waals surface area (Å²) < 4.78 is 0. The van der Waals surface area contributed by atoms with E-state index in [4.69, 9.17) is 5.84 Å². The van der Waals surface area contributed by atoms with Crippen molar-refractivity contribution in [3.63, 3.8) is 0 Å². The van der Waals surface area contributed by atoms with Crippen molar-refractivity contribution in [1.82, 2.24) is 5.01 Å². The van der Waals surface area contributed by atoms with Gasteiger partial charge in [-0.2, -0.15) is 0 Å². The molecule has 2 N–H and O–H groups in total. The number of hydrogen-bond donors (Lipinski definition) is 1. The summed E-state index contributed by atoms with van der Waals surface area (Å²) in [6, 6.07) is 0. The quantitative estimate of drug-likeness (QED) is 0.307. The maximum Gasteiger partial charge on any atom is 0.170 e. The normalized spacial score (nSPS) is 9.38. The molecule has 0 aromatic heterocycles. The van der Waals surface area contributed by atoms with E-state index < -0.39 is 0 Å². The lowest BCUT2D eigenvalue weighted by Gasteiger charge is -2.03. The molecule has 0 bridgehead atoms. The van der Waals surface area contributed by atoms with E-state index in [0.717, 1.165) is 0 Å². The number of carbonyl (C=O) groups is 1. The van der Waals surface area contributed by atoms with Gasteiger partial charge in [-0.05, 0) is 6.08 Å². The van der Waals surface area contributed by atoms with Gasteiger partial charge >= 0.3 is 0 Å². The van der Waals surface area contributed by atoms with Crippen molar-refractivity contribution in [2.24, 2.45) is 5.84 Å². The van der Waals surface area contributed by atoms with Crippen LogP contribution in [0.5, 0.6) is 0 Å². The molecule has 0 unspecified atom stereocenters. The van der Waals surface area contributed by atoms with Crippen LogP contribution >= 0.6 is 0 Å². The number of hydrazine groups is 1. The standard InChI is InChI=1S/C5H10N2O/c1-3-5(8)4-7(2)6/h3H,1,4,6H2,2H3. The van der Waals surface area contributed by atoms with Gasteiger partial charge in [-0.15, -0.1) is 0 Å². The summed E-state index contributed by atoms with van der Waals surface area (Å²) in [6.07, 6.45) is 1.25. The number of nitrogens with zero attached hydrogens (tertiary/aromatic N) is 1. The first-order valence-corrected chi connectivity index (χ1v) is 2.28. The van der Waals surface area contributed by atoms with Gasteiger partial charge in [0.1, 0.15) is 0 Å². The summed E-state index contributed by atoms with van der Waals surface area (Å²) in [6.45, 7) is 3.52. The van der Waals surface area contributed by atoms with Gasteiger partial charge < -0.3 is 0 Å². The summed E-state index contributed by atoms with van der Waals surface area (Å²) in [5.41, 5.74) is 0. The fourth-order valence-corrected chi connectivity index (χ4v) is 0.310. The lowest BCUT2D eigenvalue weighted by molar-refractivity contribution is -0.115. The maximum atomic E-state index is 10.4. The molecule has 0 atom stereocenters. The van der Waals surface area contributed by atoms with Gasteiger partial charge in [0, 0.05) is 7.05 Å². The Morgan fingerprint density at radius 1 is 2.00 bits per heavy atom. The highest BCUT2D eigenvalue weighted by Crippen LogP contribution is 1.73. The molecule has 0 aromatic carbocycles. The molecule has 0 heterocycles. The Labute approximate surface area is 48.7 Å². The monoisotopic (exact) mass is 114 g/mol. The van der Waals surface area contributed by atoms with Crippen LogP contribution in [-0.2, 0) is 4.79 Å². The molecular weight excluding hydrogens is 104 g/mol. The highest BCUT2D eigenvalue weighted by atomic mass is 16.1. The highest BCUT2D eigenvalue weighted by molar-refractivity contribution is 5.90. The molecule has 46 valence electrons. The number of nitrogens with two attached hydrogens (primary N) is 1. The molecule has 0 rings (SSSR count). The number of carbonyl (C=O) groups excluding carboxylic acids is 1. The summed E-state index contributed by atoms with van der Waals surface area (Å²) >= 11 is 0. The van der Waals surface area contributed by atoms with Gasteiger partial charge in [-0.25, -0.2) is 5.01 Å². The van der Waals surface area contributed by atoms with Crippen molar-refractivity contribution in [1.29, 1.82) is 0 Å². The Kier molecular flexibility index (Phi) is 3.07. The maximum absolute atomic E-state index is 10.4. The Morgan fingerprint density at radius 2 is 2.50 bits per heavy atom. The fourth-order valence-electron chi connectivity index (χ4n) is 0.310. The van der Waals surface area contributed by atoms with E-state index >= 15 is 0 Å². The van der Waals surface area contributed by atoms with E-state index in [2.05, 4.69) is 6.58 Å². The molecule has 0 fully saturated rings. The van der Waals surface area contributed by atoms with Crippen LogP contribution in [0.1, 0.15) is 0 Å². The molecule has 3 nitrogen and oxygen atoms in total. The van der Waals surface area contributed by atoms with Gasteiger partial charge in [0.25, 0.3) is 0 Å². The molecule has 0 aromatic rings. The smallest absolute Gasteiger partial charge is 0.170 e. The predicted molar refractivity (Wildman–Crippen MR) is 32.0 cm³/mol. The molecule has 0 aliphatic rings. The molecule has 8 heavy (non-hydrogen) atoms. The SMILES string of the molecule is C=CC(=O)CN(C)N. The second-order valence-electron chi connectivity index (χ2n) is 1.59. The fraction of sp³-hybridized carbons (Fsp3) is 0.400. The second kappa shape index (κ2) is 3.35. The van der Waals surface area contributed by atoms with Crippen LogP contribution in [-0.4, -0.2) is 24.4 Å². The summed E-state index contributed by atoms with van der Waals surface area (Å²) in [5, 5.41) is 1.31. The van der Waals surface area contributed by atoms with E-state index in [0.29, 0.717) is 0 Å². The van der Waals surface area contributed by atoms with Crippen molar-refractivity contribution >= 4 is 5.78 Å². The van der Waals surface area contributed by atoms with Crippen molar-refractivity contribution in [2.45, 2.75) is 0 Å². The van der Waals surface area contributed by atoms with Crippen molar-refractivity contribution in [3.8, 4) is 0 Å². The zero-order chi connectivity index (χ0) is 6.57. The van der Waals surface area contributed by atoms with E-state index in [1.807, 2.05) is 0 Å². The van der Waals surface area contributed by atoms with Crippen LogP contribution in [0.3, 0.4) is 0 Å². The molecule has 0 saturated carbocycles. The Hall–Kier alpha value is -0.670. The minimum absolute atomic E-state index is 0.0602. The molecular formula is C5H10N2O. The first-order chi connectivity index (χ1) is 3.66. The van der Waals surface area contributed by atoms with Crippen LogP contribution in [0.4, 0.5) is 0 Å². The van der Waals surface area contributed by atoms with Crippen molar-refractivity contribution in [3.05, 3.63) is 12.7 Å². The molecule has 0 radical (unpaired) electrons. The number of hydrogen-bond acceptors (Lipinski definition) is 3. The average molecular weight is 114 g/mol. The van der Waals surface area contributed by atoms with E-state index in [1.165, 1.54) is 11.1 Å². The minimum Gasteiger partial charge on any atom is -0.293 e. The summed E-state index contributed by atoms with van der Waals surface area (Å²) in [4.78, 5) is 10.4. The topological polar surface area (TPSA) is 46.3 Å². The van der Waals surface area contributed by atoms with Gasteiger partial charge in [-0.3, -0.25) is 10.6 Å². The summed E-state index contributed by atoms with van der Waals surface area (Å²) in [5.74, 6) is 5.07. The lowest BCUT2D eigenvalue weighted by atomic mass is 10.4. The molecule has 0 spiro atoms. The van der Waals surface area contributed by atoms with E-state index in [9.17, 15) is 4.79 Å². The van der Waals surface area contributed by atoms with E-state index in [1.54, 1.807) is 7.05 Å². The molecule has 3 heteroatoms. The zero-order valence-corrected chi connectivity index (χ0v) is 4.92. The molecule has 0 saturated heterocycles. The van der Waals surface area contributed by atoms with E-state index in [-0.39, 0.29) is 12.3 Å². The third kappa shape index (κ3) is 3.52. The number of ketones is 1. The predicted octanol–water partition coefficient (Wildman–Crippen LogP) is -0.453. The first kappa shape index (κ1) is 7.33. The third-order valence-corrected chi connectivity index (χ3v) is 0.633. The van der Waals surface area contributed by atoms with Crippen molar-refractivity contribution < 1.29 is 4.79 Å². The first-order valence-electron chi connectivity index (χ1n) is 2.28.